The van der Waals surface area contributed by atoms with Gasteiger partial charge in [-0.05, 0) is 6.26 Å². The molecule has 58 valence electrons. The van der Waals surface area contributed by atoms with Crippen LogP contribution in [0.5, 0.6) is 0 Å². The second-order valence-electron chi connectivity index (χ2n) is 1.73. The first-order valence-electron chi connectivity index (χ1n) is 2.63. The maximum absolute atomic E-state index is 10.6. The maximum Gasteiger partial charge on any atom is 0.305 e. The van der Waals surface area contributed by atoms with Crippen molar-refractivity contribution in [1.82, 2.24) is 0 Å². The van der Waals surface area contributed by atoms with Crippen LogP contribution in [0.1, 0.15) is 6.42 Å². The molecular weight excluding hydrogens is 154 g/mol. The molecule has 0 rings (SSSR count). The molecule has 0 unspecified atom stereocenters. The second kappa shape index (κ2) is 4.29. The minimum absolute atomic E-state index is 0.289. The van der Waals surface area contributed by atoms with Gasteiger partial charge in [0.25, 0.3) is 0 Å². The van der Waals surface area contributed by atoms with Crippen molar-refractivity contribution < 1.29 is 14.7 Å². The smallest absolute Gasteiger partial charge is 0.305 e. The molecule has 0 aliphatic rings. The Labute approximate surface area is 62.8 Å². The Morgan fingerprint density at radius 3 is 2.50 bits per heavy atom. The Hall–Kier alpha value is -0.550. The molecule has 0 saturated carbocycles. The van der Waals surface area contributed by atoms with Gasteiger partial charge < -0.3 is 10.8 Å². The molecule has 0 aliphatic carbocycles. The largest absolute Gasteiger partial charge is 0.481 e. The summed E-state index contributed by atoms with van der Waals surface area (Å²) in [6.07, 6.45) is 1.28. The van der Waals surface area contributed by atoms with Crippen molar-refractivity contribution in [2.24, 2.45) is 5.73 Å². The molecule has 3 N–H and O–H groups in total. The molecule has 0 fully saturated rings. The van der Waals surface area contributed by atoms with E-state index >= 15 is 0 Å². The molecule has 0 spiro atoms. The Morgan fingerprint density at radius 1 is 1.70 bits per heavy atom. The number of carboxylic acids is 1. The Kier molecular flexibility index (Phi) is 4.06. The van der Waals surface area contributed by atoms with Crippen molar-refractivity contribution in [2.75, 3.05) is 6.26 Å². The first-order chi connectivity index (χ1) is 4.57. The van der Waals surface area contributed by atoms with Crippen LogP contribution in [0.2, 0.25) is 0 Å². The van der Waals surface area contributed by atoms with E-state index in [0.29, 0.717) is 0 Å². The van der Waals surface area contributed by atoms with Crippen molar-refractivity contribution in [3.8, 4) is 0 Å². The van der Waals surface area contributed by atoms with Crippen LogP contribution in [0, 0.1) is 0 Å². The fraction of sp³-hybridized carbons (Fsp3) is 0.600. The van der Waals surface area contributed by atoms with E-state index in [9.17, 15) is 9.59 Å². The van der Waals surface area contributed by atoms with Crippen LogP contribution >= 0.6 is 11.8 Å². The van der Waals surface area contributed by atoms with E-state index in [0.717, 1.165) is 11.8 Å². The topological polar surface area (TPSA) is 80.4 Å². The van der Waals surface area contributed by atoms with Gasteiger partial charge in [0.15, 0.2) is 0 Å². The van der Waals surface area contributed by atoms with E-state index in [-0.39, 0.29) is 11.5 Å². The highest BCUT2D eigenvalue weighted by Crippen LogP contribution is 2.01. The molecule has 0 saturated heterocycles. The van der Waals surface area contributed by atoms with Gasteiger partial charge in [0, 0.05) is 0 Å². The zero-order chi connectivity index (χ0) is 8.15. The molecule has 0 aromatic heterocycles. The molecule has 1 atom stereocenters. The first kappa shape index (κ1) is 9.45. The summed E-state index contributed by atoms with van der Waals surface area (Å²) in [5.74, 6) is -1.05. The average Bonchev–Trinajstić information content (AvgIpc) is 1.85. The van der Waals surface area contributed by atoms with Gasteiger partial charge in [-0.15, -0.1) is 0 Å². The number of carboxylic acid groups (broad SMARTS) is 1. The first-order valence-corrected chi connectivity index (χ1v) is 3.85. The zero-order valence-electron chi connectivity index (χ0n) is 5.53. The highest BCUT2D eigenvalue weighted by molar-refractivity contribution is 8.13. The molecule has 0 aromatic rings. The highest BCUT2D eigenvalue weighted by atomic mass is 32.2. The van der Waals surface area contributed by atoms with Crippen molar-refractivity contribution >= 4 is 22.8 Å². The van der Waals surface area contributed by atoms with Crippen LogP contribution in [-0.2, 0) is 9.59 Å². The molecule has 0 amide bonds. The van der Waals surface area contributed by atoms with Gasteiger partial charge in [-0.3, -0.25) is 9.59 Å². The number of carbonyl (C=O) groups excluding carboxylic acids is 1. The van der Waals surface area contributed by atoms with E-state index in [4.69, 9.17) is 10.8 Å². The van der Waals surface area contributed by atoms with Crippen LogP contribution in [-0.4, -0.2) is 28.5 Å². The highest BCUT2D eigenvalue weighted by Gasteiger charge is 2.14. The van der Waals surface area contributed by atoms with Crippen LogP contribution in [0.15, 0.2) is 0 Å². The number of rotatable bonds is 3. The summed E-state index contributed by atoms with van der Waals surface area (Å²) in [6.45, 7) is 0. The Balaban J connectivity index is 3.72. The molecule has 10 heavy (non-hydrogen) atoms. The lowest BCUT2D eigenvalue weighted by Crippen LogP contribution is -2.30. The molecule has 0 heterocycles. The van der Waals surface area contributed by atoms with E-state index < -0.39 is 12.0 Å². The minimum atomic E-state index is -1.05. The van der Waals surface area contributed by atoms with E-state index in [1.165, 1.54) is 0 Å². The summed E-state index contributed by atoms with van der Waals surface area (Å²) in [4.78, 5) is 20.6. The van der Waals surface area contributed by atoms with E-state index in [1.54, 1.807) is 6.26 Å². The third-order valence-corrected chi connectivity index (χ3v) is 1.60. The molecule has 4 nitrogen and oxygen atoms in total. The summed E-state index contributed by atoms with van der Waals surface area (Å²) in [5.41, 5.74) is 5.18. The summed E-state index contributed by atoms with van der Waals surface area (Å²) < 4.78 is 0. The molecule has 0 radical (unpaired) electrons. The summed E-state index contributed by atoms with van der Waals surface area (Å²) >= 11 is 0.948. The lowest BCUT2D eigenvalue weighted by atomic mass is 10.2. The molecule has 0 aromatic carbocycles. The number of aliphatic carboxylic acids is 1. The molecular formula is C5H9NO3S. The van der Waals surface area contributed by atoms with Gasteiger partial charge in [-0.2, -0.15) is 0 Å². The molecule has 0 aliphatic heterocycles. The molecule has 5 heteroatoms. The summed E-state index contributed by atoms with van der Waals surface area (Å²) in [6, 6.07) is -0.868. The Bertz CT molecular complexity index is 148. The van der Waals surface area contributed by atoms with Gasteiger partial charge in [0.2, 0.25) is 5.12 Å². The Morgan fingerprint density at radius 2 is 2.20 bits per heavy atom. The number of hydrogen-bond acceptors (Lipinski definition) is 4. The van der Waals surface area contributed by atoms with E-state index in [2.05, 4.69) is 0 Å². The SMILES string of the molecule is CSC(=O)[C@@H](N)CC(=O)O. The average molecular weight is 163 g/mol. The van der Waals surface area contributed by atoms with Crippen molar-refractivity contribution in [3.63, 3.8) is 0 Å². The van der Waals surface area contributed by atoms with Gasteiger partial charge in [-0.1, -0.05) is 11.8 Å². The monoisotopic (exact) mass is 163 g/mol. The van der Waals surface area contributed by atoms with Crippen LogP contribution < -0.4 is 5.73 Å². The van der Waals surface area contributed by atoms with Gasteiger partial charge in [0.05, 0.1) is 12.5 Å². The standard InChI is InChI=1S/C5H9NO3S/c1-10-5(9)3(6)2-4(7)8/h3H,2,6H2,1H3,(H,7,8)/t3-/m0/s1. The van der Waals surface area contributed by atoms with Crippen molar-refractivity contribution in [2.45, 2.75) is 12.5 Å². The van der Waals surface area contributed by atoms with Crippen LogP contribution in [0.3, 0.4) is 0 Å². The predicted molar refractivity (Wildman–Crippen MR) is 38.8 cm³/mol. The normalized spacial score (nSPS) is 12.6. The van der Waals surface area contributed by atoms with Gasteiger partial charge in [-0.25, -0.2) is 0 Å². The van der Waals surface area contributed by atoms with Gasteiger partial charge >= 0.3 is 5.97 Å². The number of thioether (sulfide) groups is 1. The number of nitrogens with two attached hydrogens (primary N) is 1. The molecule has 0 bridgehead atoms. The predicted octanol–water partition coefficient (Wildman–Crippen LogP) is -0.322. The van der Waals surface area contributed by atoms with Crippen LogP contribution in [0.4, 0.5) is 0 Å². The fourth-order valence-electron chi connectivity index (χ4n) is 0.423. The van der Waals surface area contributed by atoms with Crippen LogP contribution in [0.25, 0.3) is 0 Å². The quantitative estimate of drug-likeness (QED) is 0.596. The number of hydrogen-bond donors (Lipinski definition) is 2. The third kappa shape index (κ3) is 3.47. The zero-order valence-corrected chi connectivity index (χ0v) is 6.35. The second-order valence-corrected chi connectivity index (χ2v) is 2.54. The van der Waals surface area contributed by atoms with E-state index in [1.807, 2.05) is 0 Å². The lowest BCUT2D eigenvalue weighted by Gasteiger charge is -2.02. The van der Waals surface area contributed by atoms with Crippen molar-refractivity contribution in [1.29, 1.82) is 0 Å². The summed E-state index contributed by atoms with van der Waals surface area (Å²) in [5, 5.41) is 7.90. The van der Waals surface area contributed by atoms with Gasteiger partial charge in [0.1, 0.15) is 0 Å². The minimum Gasteiger partial charge on any atom is -0.481 e. The maximum atomic E-state index is 10.6. The fourth-order valence-corrected chi connectivity index (χ4v) is 0.809. The van der Waals surface area contributed by atoms with Crippen molar-refractivity contribution in [3.05, 3.63) is 0 Å². The lowest BCUT2D eigenvalue weighted by molar-refractivity contribution is -0.138. The summed E-state index contributed by atoms with van der Waals surface area (Å²) in [7, 11) is 0. The third-order valence-electron chi connectivity index (χ3n) is 0.898. The number of carbonyl (C=O) groups is 2.